The van der Waals surface area contributed by atoms with Gasteiger partial charge in [-0.25, -0.2) is 9.89 Å². The molecular formula is C17H24N6O. The fraction of sp³-hybridized carbons (Fsp3) is 0.471. The Kier molecular flexibility index (Phi) is 4.98. The van der Waals surface area contributed by atoms with E-state index in [9.17, 15) is 4.79 Å². The molecule has 1 fully saturated rings. The molecule has 7 heteroatoms. The number of aryl methyl sites for hydroxylation is 1. The first-order chi connectivity index (χ1) is 11.7. The third-order valence-corrected chi connectivity index (χ3v) is 4.45. The molecule has 2 N–H and O–H groups in total. The Morgan fingerprint density at radius 1 is 1.25 bits per heavy atom. The Balaban J connectivity index is 1.55. The van der Waals surface area contributed by atoms with Gasteiger partial charge in [0.25, 0.3) is 0 Å². The van der Waals surface area contributed by atoms with E-state index in [1.165, 1.54) is 11.9 Å². The van der Waals surface area contributed by atoms with Crippen molar-refractivity contribution in [3.63, 3.8) is 0 Å². The van der Waals surface area contributed by atoms with Crippen molar-refractivity contribution < 1.29 is 4.79 Å². The predicted octanol–water partition coefficient (Wildman–Crippen LogP) is 2.10. The van der Waals surface area contributed by atoms with Gasteiger partial charge in [-0.1, -0.05) is 36.8 Å². The van der Waals surface area contributed by atoms with Crippen molar-refractivity contribution in [2.75, 3.05) is 31.1 Å². The summed E-state index contributed by atoms with van der Waals surface area (Å²) in [4.78, 5) is 20.7. The first kappa shape index (κ1) is 16.3. The fourth-order valence-corrected chi connectivity index (χ4v) is 2.93. The van der Waals surface area contributed by atoms with Crippen molar-refractivity contribution in [3.05, 3.63) is 41.7 Å². The molecule has 2 amide bonds. The first-order valence-corrected chi connectivity index (χ1v) is 8.39. The molecule has 2 aromatic rings. The van der Waals surface area contributed by atoms with Crippen LogP contribution in [0.5, 0.6) is 0 Å². The zero-order valence-electron chi connectivity index (χ0n) is 14.2. The van der Waals surface area contributed by atoms with Gasteiger partial charge >= 0.3 is 6.03 Å². The van der Waals surface area contributed by atoms with Crippen LogP contribution in [0.2, 0.25) is 0 Å². The smallest absolute Gasteiger partial charge is 0.318 e. The molecule has 1 saturated heterocycles. The van der Waals surface area contributed by atoms with Crippen LogP contribution in [0.4, 0.5) is 10.7 Å². The van der Waals surface area contributed by atoms with Crippen molar-refractivity contribution in [1.29, 1.82) is 0 Å². The minimum atomic E-state index is -0.000329. The van der Waals surface area contributed by atoms with Crippen molar-refractivity contribution >= 4 is 12.0 Å². The lowest BCUT2D eigenvalue weighted by Crippen LogP contribution is -2.52. The normalized spacial score (nSPS) is 16.1. The second-order valence-corrected chi connectivity index (χ2v) is 6.10. The van der Waals surface area contributed by atoms with Crippen LogP contribution in [0.25, 0.3) is 0 Å². The third kappa shape index (κ3) is 3.67. The lowest BCUT2D eigenvalue weighted by atomic mass is 10.0. The molecule has 7 nitrogen and oxygen atoms in total. The fourth-order valence-electron chi connectivity index (χ4n) is 2.93. The van der Waals surface area contributed by atoms with Crippen LogP contribution in [0.3, 0.4) is 0 Å². The van der Waals surface area contributed by atoms with Crippen LogP contribution in [-0.4, -0.2) is 52.3 Å². The van der Waals surface area contributed by atoms with Gasteiger partial charge in [0.2, 0.25) is 5.95 Å². The summed E-state index contributed by atoms with van der Waals surface area (Å²) >= 11 is 0. The van der Waals surface area contributed by atoms with E-state index in [0.29, 0.717) is 13.1 Å². The molecular weight excluding hydrogens is 304 g/mol. The van der Waals surface area contributed by atoms with E-state index in [4.69, 9.17) is 0 Å². The monoisotopic (exact) mass is 328 g/mol. The van der Waals surface area contributed by atoms with Crippen LogP contribution < -0.4 is 10.2 Å². The lowest BCUT2D eigenvalue weighted by molar-refractivity contribution is 0.189. The number of nitrogens with zero attached hydrogens (tertiary/aromatic N) is 4. The second-order valence-electron chi connectivity index (χ2n) is 6.10. The number of hydrogen-bond acceptors (Lipinski definition) is 4. The number of piperazine rings is 1. The van der Waals surface area contributed by atoms with E-state index in [1.54, 1.807) is 0 Å². The maximum absolute atomic E-state index is 12.6. The number of carbonyl (C=O) groups is 1. The zero-order valence-corrected chi connectivity index (χ0v) is 14.2. The van der Waals surface area contributed by atoms with E-state index in [-0.39, 0.29) is 12.1 Å². The minimum absolute atomic E-state index is 0.000329. The van der Waals surface area contributed by atoms with Crippen molar-refractivity contribution in [3.8, 4) is 0 Å². The number of nitrogens with one attached hydrogen (secondary N) is 2. The van der Waals surface area contributed by atoms with E-state index in [1.807, 2.05) is 4.90 Å². The molecule has 1 aliphatic rings. The average molecular weight is 328 g/mol. The summed E-state index contributed by atoms with van der Waals surface area (Å²) in [6, 6.07) is 8.39. The highest BCUT2D eigenvalue weighted by Gasteiger charge is 2.24. The molecule has 1 atom stereocenters. The summed E-state index contributed by atoms with van der Waals surface area (Å²) in [6.07, 6.45) is 2.37. The van der Waals surface area contributed by atoms with Gasteiger partial charge in [-0.2, -0.15) is 10.1 Å². The van der Waals surface area contributed by atoms with Gasteiger partial charge in [-0.05, 0) is 18.9 Å². The Bertz CT molecular complexity index is 646. The summed E-state index contributed by atoms with van der Waals surface area (Å²) in [5, 5.41) is 9.89. The van der Waals surface area contributed by atoms with Crippen LogP contribution in [-0.2, 0) is 0 Å². The second kappa shape index (κ2) is 7.33. The van der Waals surface area contributed by atoms with Crippen LogP contribution in [0, 0.1) is 6.92 Å². The van der Waals surface area contributed by atoms with E-state index < -0.39 is 0 Å². The number of urea groups is 1. The van der Waals surface area contributed by atoms with Gasteiger partial charge in [-0.15, -0.1) is 0 Å². The summed E-state index contributed by atoms with van der Waals surface area (Å²) in [7, 11) is 0. The standard InChI is InChI=1S/C17H24N6O/c1-3-15(14-6-4-13(2)5-7-14)20-17(24)23-10-8-22(9-11-23)16-18-12-19-21-16/h4-7,12,15H,3,8-11H2,1-2H3,(H,20,24)(H,18,19,21)/t15-/m0/s1. The van der Waals surface area contributed by atoms with Gasteiger partial charge in [0, 0.05) is 26.2 Å². The number of rotatable bonds is 4. The van der Waals surface area contributed by atoms with Crippen molar-refractivity contribution in [2.24, 2.45) is 0 Å². The zero-order chi connectivity index (χ0) is 16.9. The predicted molar refractivity (Wildman–Crippen MR) is 92.9 cm³/mol. The molecule has 1 aromatic carbocycles. The highest BCUT2D eigenvalue weighted by molar-refractivity contribution is 5.75. The first-order valence-electron chi connectivity index (χ1n) is 8.39. The summed E-state index contributed by atoms with van der Waals surface area (Å²) in [5.41, 5.74) is 2.38. The summed E-state index contributed by atoms with van der Waals surface area (Å²) in [5.74, 6) is 0.765. The SMILES string of the molecule is CC[C@H](NC(=O)N1CCN(c2ncn[nH]2)CC1)c1ccc(C)cc1. The molecule has 0 saturated carbocycles. The molecule has 1 aliphatic heterocycles. The molecule has 1 aromatic heterocycles. The van der Waals surface area contributed by atoms with Gasteiger partial charge in [0.15, 0.2) is 0 Å². The molecule has 0 unspecified atom stereocenters. The summed E-state index contributed by atoms with van der Waals surface area (Å²) in [6.45, 7) is 7.02. The Morgan fingerprint density at radius 2 is 1.96 bits per heavy atom. The van der Waals surface area contributed by atoms with Crippen molar-refractivity contribution in [1.82, 2.24) is 25.4 Å². The number of aromatic nitrogens is 3. The number of hydrogen-bond donors (Lipinski definition) is 2. The topological polar surface area (TPSA) is 77.2 Å². The highest BCUT2D eigenvalue weighted by Crippen LogP contribution is 2.18. The Labute approximate surface area is 142 Å². The number of anilines is 1. The molecule has 128 valence electrons. The lowest BCUT2D eigenvalue weighted by Gasteiger charge is -2.35. The maximum atomic E-state index is 12.6. The Morgan fingerprint density at radius 3 is 2.54 bits per heavy atom. The van der Waals surface area contributed by atoms with E-state index in [0.717, 1.165) is 31.0 Å². The van der Waals surface area contributed by atoms with Crippen LogP contribution in [0.1, 0.15) is 30.5 Å². The van der Waals surface area contributed by atoms with Crippen LogP contribution in [0.15, 0.2) is 30.6 Å². The highest BCUT2D eigenvalue weighted by atomic mass is 16.2. The molecule has 0 bridgehead atoms. The molecule has 24 heavy (non-hydrogen) atoms. The number of benzene rings is 1. The average Bonchev–Trinajstić information content (AvgIpc) is 3.15. The molecule has 0 radical (unpaired) electrons. The summed E-state index contributed by atoms with van der Waals surface area (Å²) < 4.78 is 0. The molecule has 0 spiro atoms. The Hall–Kier alpha value is -2.57. The molecule has 3 rings (SSSR count). The number of H-pyrrole nitrogens is 1. The number of carbonyl (C=O) groups excluding carboxylic acids is 1. The minimum Gasteiger partial charge on any atom is -0.338 e. The maximum Gasteiger partial charge on any atom is 0.318 e. The quantitative estimate of drug-likeness (QED) is 0.901. The molecule has 2 heterocycles. The number of amides is 2. The van der Waals surface area contributed by atoms with Crippen molar-refractivity contribution in [2.45, 2.75) is 26.3 Å². The third-order valence-electron chi connectivity index (χ3n) is 4.45. The van der Waals surface area contributed by atoms with Gasteiger partial charge < -0.3 is 15.1 Å². The van der Waals surface area contributed by atoms with E-state index >= 15 is 0 Å². The van der Waals surface area contributed by atoms with Gasteiger partial charge in [0.1, 0.15) is 6.33 Å². The molecule has 0 aliphatic carbocycles. The largest absolute Gasteiger partial charge is 0.338 e. The number of aromatic amines is 1. The van der Waals surface area contributed by atoms with Gasteiger partial charge in [0.05, 0.1) is 6.04 Å². The van der Waals surface area contributed by atoms with E-state index in [2.05, 4.69) is 63.5 Å². The van der Waals surface area contributed by atoms with Gasteiger partial charge in [-0.3, -0.25) is 0 Å². The van der Waals surface area contributed by atoms with Crippen LogP contribution >= 0.6 is 0 Å².